The van der Waals surface area contributed by atoms with Crippen LogP contribution in [0.2, 0.25) is 0 Å². The maximum atomic E-state index is 5.60. The minimum atomic E-state index is 0.549. The van der Waals surface area contributed by atoms with Crippen molar-refractivity contribution in [3.05, 3.63) is 17.3 Å². The number of likely N-dealkylation sites (tertiary alicyclic amines) is 1. The summed E-state index contributed by atoms with van der Waals surface area (Å²) in [6, 6.07) is 0.567. The van der Waals surface area contributed by atoms with Gasteiger partial charge in [-0.15, -0.1) is 0 Å². The van der Waals surface area contributed by atoms with Crippen LogP contribution in [0.1, 0.15) is 50.5 Å². The molecule has 24 heavy (non-hydrogen) atoms. The molecule has 2 rings (SSSR count). The molecule has 1 aliphatic heterocycles. The Bertz CT molecular complexity index is 512. The Morgan fingerprint density at radius 3 is 2.50 bits per heavy atom. The summed E-state index contributed by atoms with van der Waals surface area (Å²) in [7, 11) is 1.80. The highest BCUT2D eigenvalue weighted by atomic mass is 16.4. The second kappa shape index (κ2) is 9.06. The topological polar surface area (TPSA) is 65.7 Å². The first-order valence-electron chi connectivity index (χ1n) is 9.11. The van der Waals surface area contributed by atoms with Gasteiger partial charge in [0, 0.05) is 19.6 Å². The number of rotatable bonds is 7. The summed E-state index contributed by atoms with van der Waals surface area (Å²) in [4.78, 5) is 11.3. The van der Waals surface area contributed by atoms with E-state index in [4.69, 9.17) is 4.42 Å². The van der Waals surface area contributed by atoms with E-state index in [0.717, 1.165) is 24.0 Å². The number of hydrogen-bond acceptors (Lipinski definition) is 4. The van der Waals surface area contributed by atoms with E-state index in [0.29, 0.717) is 24.4 Å². The molecule has 2 N–H and O–H groups in total. The first kappa shape index (κ1) is 18.8. The highest BCUT2D eigenvalue weighted by molar-refractivity contribution is 5.79. The van der Waals surface area contributed by atoms with Crippen LogP contribution in [0.5, 0.6) is 0 Å². The smallest absolute Gasteiger partial charge is 0.214 e. The molecule has 0 bridgehead atoms. The van der Waals surface area contributed by atoms with Crippen LogP contribution in [0.15, 0.2) is 9.41 Å². The molecule has 0 amide bonds. The van der Waals surface area contributed by atoms with Crippen molar-refractivity contribution in [2.45, 2.75) is 59.5 Å². The highest BCUT2D eigenvalue weighted by Gasteiger charge is 2.22. The van der Waals surface area contributed by atoms with E-state index in [-0.39, 0.29) is 0 Å². The number of hydrogen-bond donors (Lipinski definition) is 2. The van der Waals surface area contributed by atoms with E-state index in [9.17, 15) is 0 Å². The molecule has 1 fully saturated rings. The zero-order valence-electron chi connectivity index (χ0n) is 15.9. The fourth-order valence-electron chi connectivity index (χ4n) is 3.22. The Hall–Kier alpha value is -1.56. The molecule has 0 radical (unpaired) electrons. The molecule has 136 valence electrons. The molecule has 1 aliphatic rings. The normalized spacial score (nSPS) is 17.5. The van der Waals surface area contributed by atoms with Gasteiger partial charge in [-0.25, -0.2) is 4.98 Å². The van der Waals surface area contributed by atoms with Gasteiger partial charge in [0.25, 0.3) is 0 Å². The molecule has 6 heteroatoms. The Kier molecular flexibility index (Phi) is 7.09. The molecule has 0 spiro atoms. The van der Waals surface area contributed by atoms with Crippen LogP contribution in [0.4, 0.5) is 0 Å². The summed E-state index contributed by atoms with van der Waals surface area (Å²) in [6.07, 6.45) is 3.86. The molecule has 0 saturated carbocycles. The molecule has 1 aromatic rings. The predicted molar refractivity (Wildman–Crippen MR) is 98.2 cm³/mol. The summed E-state index contributed by atoms with van der Waals surface area (Å²) >= 11 is 0. The standard InChI is InChI=1S/C18H33N5O/c1-13(2)10-16(23-8-6-7-9-23)11-20-18(19-5)21-12-17-22-14(3)15(4)24-17/h13,16H,6-12H2,1-5H3,(H2,19,20,21). The van der Waals surface area contributed by atoms with Gasteiger partial charge < -0.3 is 15.1 Å². The number of nitrogens with one attached hydrogen (secondary N) is 2. The van der Waals surface area contributed by atoms with Gasteiger partial charge in [0.05, 0.1) is 12.2 Å². The minimum Gasteiger partial charge on any atom is -0.444 e. The van der Waals surface area contributed by atoms with Gasteiger partial charge in [0.2, 0.25) is 5.89 Å². The summed E-state index contributed by atoms with van der Waals surface area (Å²) < 4.78 is 5.60. The Balaban J connectivity index is 1.83. The fraction of sp³-hybridized carbons (Fsp3) is 0.778. The predicted octanol–water partition coefficient (Wildman–Crippen LogP) is 2.47. The summed E-state index contributed by atoms with van der Waals surface area (Å²) in [6.45, 7) is 12.4. The van der Waals surface area contributed by atoms with Gasteiger partial charge in [-0.05, 0) is 52.1 Å². The molecule has 1 unspecified atom stereocenters. The monoisotopic (exact) mass is 335 g/mol. The summed E-state index contributed by atoms with van der Waals surface area (Å²) in [5.74, 6) is 3.08. The number of aromatic nitrogens is 1. The molecular formula is C18H33N5O. The third kappa shape index (κ3) is 5.51. The largest absolute Gasteiger partial charge is 0.444 e. The minimum absolute atomic E-state index is 0.549. The number of oxazole rings is 1. The van der Waals surface area contributed by atoms with Crippen molar-refractivity contribution in [1.82, 2.24) is 20.5 Å². The lowest BCUT2D eigenvalue weighted by molar-refractivity contribution is 0.213. The average molecular weight is 335 g/mol. The zero-order valence-corrected chi connectivity index (χ0v) is 15.9. The molecule has 1 saturated heterocycles. The SMILES string of the molecule is CN=C(NCc1nc(C)c(C)o1)NCC(CC(C)C)N1CCCC1. The van der Waals surface area contributed by atoms with Crippen molar-refractivity contribution in [3.63, 3.8) is 0 Å². The van der Waals surface area contributed by atoms with Gasteiger partial charge in [-0.1, -0.05) is 13.8 Å². The van der Waals surface area contributed by atoms with E-state index < -0.39 is 0 Å². The van der Waals surface area contributed by atoms with Crippen LogP contribution in [0.25, 0.3) is 0 Å². The first-order valence-corrected chi connectivity index (χ1v) is 9.11. The lowest BCUT2D eigenvalue weighted by Gasteiger charge is -2.29. The second-order valence-electron chi connectivity index (χ2n) is 7.08. The van der Waals surface area contributed by atoms with Crippen molar-refractivity contribution in [1.29, 1.82) is 0 Å². The lowest BCUT2D eigenvalue weighted by atomic mass is 10.0. The number of guanidine groups is 1. The van der Waals surface area contributed by atoms with Crippen molar-refractivity contribution in [2.24, 2.45) is 10.9 Å². The molecular weight excluding hydrogens is 302 g/mol. The molecule has 1 aromatic heterocycles. The average Bonchev–Trinajstić information content (AvgIpc) is 3.16. The van der Waals surface area contributed by atoms with Crippen LogP contribution >= 0.6 is 0 Å². The van der Waals surface area contributed by atoms with Gasteiger partial charge >= 0.3 is 0 Å². The Morgan fingerprint density at radius 1 is 1.25 bits per heavy atom. The fourth-order valence-corrected chi connectivity index (χ4v) is 3.22. The van der Waals surface area contributed by atoms with E-state index in [2.05, 4.69) is 39.4 Å². The molecule has 6 nitrogen and oxygen atoms in total. The maximum Gasteiger partial charge on any atom is 0.214 e. The van der Waals surface area contributed by atoms with Crippen LogP contribution < -0.4 is 10.6 Å². The van der Waals surface area contributed by atoms with Gasteiger partial charge in [0.15, 0.2) is 5.96 Å². The highest BCUT2D eigenvalue weighted by Crippen LogP contribution is 2.17. The number of nitrogens with zero attached hydrogens (tertiary/aromatic N) is 3. The third-order valence-electron chi connectivity index (χ3n) is 4.61. The molecule has 0 aliphatic carbocycles. The van der Waals surface area contributed by atoms with Crippen molar-refractivity contribution in [3.8, 4) is 0 Å². The van der Waals surface area contributed by atoms with Gasteiger partial charge in [-0.3, -0.25) is 9.89 Å². The summed E-state index contributed by atoms with van der Waals surface area (Å²) in [5.41, 5.74) is 0.945. The molecule has 1 atom stereocenters. The molecule has 0 aromatic carbocycles. The Labute approximate surface area is 146 Å². The maximum absolute atomic E-state index is 5.60. The number of aryl methyl sites for hydroxylation is 2. The van der Waals surface area contributed by atoms with Crippen LogP contribution in [0.3, 0.4) is 0 Å². The lowest BCUT2D eigenvalue weighted by Crippen LogP contribution is -2.46. The van der Waals surface area contributed by atoms with E-state index in [1.165, 1.54) is 32.4 Å². The zero-order chi connectivity index (χ0) is 17.5. The van der Waals surface area contributed by atoms with Crippen molar-refractivity contribution >= 4 is 5.96 Å². The van der Waals surface area contributed by atoms with E-state index in [1.807, 2.05) is 13.8 Å². The van der Waals surface area contributed by atoms with Crippen LogP contribution in [-0.2, 0) is 6.54 Å². The van der Waals surface area contributed by atoms with Crippen molar-refractivity contribution in [2.75, 3.05) is 26.7 Å². The Morgan fingerprint density at radius 2 is 1.96 bits per heavy atom. The molecule has 2 heterocycles. The van der Waals surface area contributed by atoms with Gasteiger partial charge in [0.1, 0.15) is 5.76 Å². The van der Waals surface area contributed by atoms with Crippen molar-refractivity contribution < 1.29 is 4.42 Å². The summed E-state index contributed by atoms with van der Waals surface area (Å²) in [5, 5.41) is 6.76. The quantitative estimate of drug-likeness (QED) is 0.592. The number of aliphatic imine (C=N–C) groups is 1. The van der Waals surface area contributed by atoms with E-state index in [1.54, 1.807) is 7.05 Å². The van der Waals surface area contributed by atoms with Crippen LogP contribution in [-0.4, -0.2) is 48.6 Å². The second-order valence-corrected chi connectivity index (χ2v) is 7.08. The first-order chi connectivity index (χ1) is 11.5. The van der Waals surface area contributed by atoms with Crippen LogP contribution in [0, 0.1) is 19.8 Å². The third-order valence-corrected chi connectivity index (χ3v) is 4.61. The van der Waals surface area contributed by atoms with Gasteiger partial charge in [-0.2, -0.15) is 0 Å². The van der Waals surface area contributed by atoms with E-state index >= 15 is 0 Å².